The summed E-state index contributed by atoms with van der Waals surface area (Å²) in [6.07, 6.45) is 1.000. The summed E-state index contributed by atoms with van der Waals surface area (Å²) in [6.45, 7) is 0. The molecule has 2 aromatic heterocycles. The van der Waals surface area contributed by atoms with Gasteiger partial charge in [-0.05, 0) is 30.0 Å². The normalized spacial score (nSPS) is 16.2. The highest BCUT2D eigenvalue weighted by Crippen LogP contribution is 2.42. The maximum Gasteiger partial charge on any atom is 0.416 e. The van der Waals surface area contributed by atoms with Crippen molar-refractivity contribution in [2.45, 2.75) is 19.0 Å². The molecule has 3 rings (SSSR count). The minimum Gasteiger partial charge on any atom is -0.225 e. The number of hydrogen-bond acceptors (Lipinski definition) is 3. The Morgan fingerprint density at radius 1 is 1.20 bits per heavy atom. The zero-order valence-corrected chi connectivity index (χ0v) is 11.6. The Kier molecular flexibility index (Phi) is 3.30. The predicted molar refractivity (Wildman–Crippen MR) is 73.8 cm³/mol. The molecule has 0 saturated carbocycles. The number of aromatic nitrogens is 2. The molecule has 0 spiro atoms. The minimum absolute atomic E-state index is 0.0334. The van der Waals surface area contributed by atoms with Gasteiger partial charge in [-0.2, -0.15) is 13.2 Å². The third-order valence-corrected chi connectivity index (χ3v) is 4.12. The summed E-state index contributed by atoms with van der Waals surface area (Å²) in [5.41, 5.74) is 0.527. The van der Waals surface area contributed by atoms with Crippen molar-refractivity contribution < 1.29 is 13.2 Å². The number of fused-ring (bicyclic) bond motifs is 1. The molecule has 104 valence electrons. The van der Waals surface area contributed by atoms with E-state index in [0.29, 0.717) is 23.9 Å². The van der Waals surface area contributed by atoms with Crippen molar-refractivity contribution in [1.29, 1.82) is 0 Å². The zero-order chi connectivity index (χ0) is 14.3. The van der Waals surface area contributed by atoms with Crippen LogP contribution >= 0.6 is 22.9 Å². The van der Waals surface area contributed by atoms with Gasteiger partial charge in [0.2, 0.25) is 5.28 Å². The zero-order valence-electron chi connectivity index (χ0n) is 10.0. The average molecular weight is 317 g/mol. The van der Waals surface area contributed by atoms with E-state index < -0.39 is 11.7 Å². The molecule has 0 unspecified atom stereocenters. The molecule has 2 nitrogen and oxygen atoms in total. The van der Waals surface area contributed by atoms with E-state index in [-0.39, 0.29) is 10.9 Å². The molecular formula is C13H8ClF3N2S. The van der Waals surface area contributed by atoms with Gasteiger partial charge in [0, 0.05) is 17.1 Å². The molecule has 0 radical (unpaired) electrons. The van der Waals surface area contributed by atoms with Crippen LogP contribution in [0.1, 0.15) is 18.4 Å². The van der Waals surface area contributed by atoms with Crippen LogP contribution in [0.15, 0.2) is 29.3 Å². The van der Waals surface area contributed by atoms with E-state index in [1.807, 2.05) is 0 Å². The minimum atomic E-state index is -4.36. The van der Waals surface area contributed by atoms with Crippen LogP contribution in [0.5, 0.6) is 0 Å². The van der Waals surface area contributed by atoms with Crippen molar-refractivity contribution >= 4 is 38.7 Å². The van der Waals surface area contributed by atoms with Crippen LogP contribution in [0.3, 0.4) is 0 Å². The maximum absolute atomic E-state index is 13.1. The molecule has 1 aliphatic carbocycles. The Morgan fingerprint density at radius 3 is 2.70 bits per heavy atom. The highest BCUT2D eigenvalue weighted by atomic mass is 35.5. The van der Waals surface area contributed by atoms with Crippen LogP contribution in [-0.4, -0.2) is 16.1 Å². The summed E-state index contributed by atoms with van der Waals surface area (Å²) in [4.78, 5) is 7.90. The van der Waals surface area contributed by atoms with Crippen molar-refractivity contribution in [2.24, 2.45) is 0 Å². The van der Waals surface area contributed by atoms with E-state index >= 15 is 0 Å². The van der Waals surface area contributed by atoms with Gasteiger partial charge < -0.3 is 0 Å². The highest BCUT2D eigenvalue weighted by Gasteiger charge is 2.37. The molecule has 2 aromatic rings. The summed E-state index contributed by atoms with van der Waals surface area (Å²) in [7, 11) is 0. The second-order valence-corrected chi connectivity index (χ2v) is 5.56. The smallest absolute Gasteiger partial charge is 0.225 e. The summed E-state index contributed by atoms with van der Waals surface area (Å²) < 4.78 is 40.0. The first-order chi connectivity index (χ1) is 9.47. The van der Waals surface area contributed by atoms with Gasteiger partial charge in [0.15, 0.2) is 0 Å². The van der Waals surface area contributed by atoms with Crippen molar-refractivity contribution in [1.82, 2.24) is 9.97 Å². The summed E-state index contributed by atoms with van der Waals surface area (Å²) in [6, 6.07) is 0. The first-order valence-electron chi connectivity index (χ1n) is 5.85. The van der Waals surface area contributed by atoms with Gasteiger partial charge in [-0.1, -0.05) is 12.2 Å². The second-order valence-electron chi connectivity index (χ2n) is 4.31. The molecule has 0 fully saturated rings. The fourth-order valence-electron chi connectivity index (χ4n) is 2.20. The number of alkyl halides is 3. The standard InChI is InChI=1S/C13H8ClF3N2S/c14-12-18-5-10-11(19-12)8(6-20-10)7-3-1-2-4-9(7)13(15,16)17/h3-6H,1-2H2. The SMILES string of the molecule is FC(F)(F)C1=CCCC=C1c1csc2cnc(Cl)nc12. The van der Waals surface area contributed by atoms with Crippen molar-refractivity contribution in [3.05, 3.63) is 40.1 Å². The largest absolute Gasteiger partial charge is 0.416 e. The first kappa shape index (κ1) is 13.6. The van der Waals surface area contributed by atoms with Gasteiger partial charge in [-0.25, -0.2) is 9.97 Å². The second kappa shape index (κ2) is 4.86. The van der Waals surface area contributed by atoms with Crippen LogP contribution < -0.4 is 0 Å². The topological polar surface area (TPSA) is 25.8 Å². The number of nitrogens with zero attached hydrogens (tertiary/aromatic N) is 2. The van der Waals surface area contributed by atoms with Crippen LogP contribution in [0.2, 0.25) is 5.28 Å². The molecule has 0 amide bonds. The number of thiophene rings is 1. The van der Waals surface area contributed by atoms with Crippen LogP contribution in [0, 0.1) is 0 Å². The number of allylic oxidation sites excluding steroid dienone is 4. The van der Waals surface area contributed by atoms with Crippen molar-refractivity contribution in [3.8, 4) is 0 Å². The fourth-order valence-corrected chi connectivity index (χ4v) is 3.19. The molecule has 0 aliphatic heterocycles. The van der Waals surface area contributed by atoms with Gasteiger partial charge in [0.05, 0.1) is 15.8 Å². The number of rotatable bonds is 1. The van der Waals surface area contributed by atoms with Gasteiger partial charge in [-0.15, -0.1) is 11.3 Å². The molecule has 20 heavy (non-hydrogen) atoms. The monoisotopic (exact) mass is 316 g/mol. The Balaban J connectivity index is 2.17. The molecule has 0 N–H and O–H groups in total. The van der Waals surface area contributed by atoms with E-state index in [1.54, 1.807) is 11.5 Å². The lowest BCUT2D eigenvalue weighted by molar-refractivity contribution is -0.0874. The Labute approximate surface area is 121 Å². The third kappa shape index (κ3) is 2.33. The molecule has 0 bridgehead atoms. The quantitative estimate of drug-likeness (QED) is 0.691. The lowest BCUT2D eigenvalue weighted by Gasteiger charge is -2.18. The van der Waals surface area contributed by atoms with E-state index in [9.17, 15) is 13.2 Å². The molecule has 7 heteroatoms. The molecule has 0 atom stereocenters. The van der Waals surface area contributed by atoms with E-state index in [4.69, 9.17) is 11.6 Å². The van der Waals surface area contributed by atoms with Gasteiger partial charge in [-0.3, -0.25) is 0 Å². The van der Waals surface area contributed by atoms with Gasteiger partial charge >= 0.3 is 6.18 Å². The van der Waals surface area contributed by atoms with Crippen molar-refractivity contribution in [3.63, 3.8) is 0 Å². The summed E-state index contributed by atoms with van der Waals surface area (Å²) in [5, 5.41) is 1.71. The van der Waals surface area contributed by atoms with E-state index in [1.165, 1.54) is 23.6 Å². The Morgan fingerprint density at radius 2 is 1.95 bits per heavy atom. The Hall–Kier alpha value is -1.40. The third-order valence-electron chi connectivity index (χ3n) is 3.03. The van der Waals surface area contributed by atoms with E-state index in [0.717, 1.165) is 4.70 Å². The van der Waals surface area contributed by atoms with Gasteiger partial charge in [0.25, 0.3) is 0 Å². The predicted octanol–water partition coefficient (Wildman–Crippen LogP) is 5.01. The number of halogens is 4. The summed E-state index contributed by atoms with van der Waals surface area (Å²) in [5.74, 6) is 0. The molecule has 0 saturated heterocycles. The fraction of sp³-hybridized carbons (Fsp3) is 0.231. The Bertz CT molecular complexity index is 731. The first-order valence-corrected chi connectivity index (χ1v) is 7.10. The molecule has 1 aliphatic rings. The maximum atomic E-state index is 13.1. The highest BCUT2D eigenvalue weighted by molar-refractivity contribution is 7.17. The number of hydrogen-bond donors (Lipinski definition) is 0. The van der Waals surface area contributed by atoms with Crippen molar-refractivity contribution in [2.75, 3.05) is 0 Å². The molecule has 2 heterocycles. The van der Waals surface area contributed by atoms with Crippen LogP contribution in [0.25, 0.3) is 15.8 Å². The van der Waals surface area contributed by atoms with Crippen LogP contribution in [0.4, 0.5) is 13.2 Å². The lowest BCUT2D eigenvalue weighted by Crippen LogP contribution is -2.15. The average Bonchev–Trinajstić information content (AvgIpc) is 2.80. The lowest BCUT2D eigenvalue weighted by atomic mass is 9.92. The van der Waals surface area contributed by atoms with E-state index in [2.05, 4.69) is 9.97 Å². The molecule has 0 aromatic carbocycles. The summed E-state index contributed by atoms with van der Waals surface area (Å²) >= 11 is 7.05. The van der Waals surface area contributed by atoms with Crippen LogP contribution in [-0.2, 0) is 0 Å². The molecular weight excluding hydrogens is 309 g/mol. The van der Waals surface area contributed by atoms with Gasteiger partial charge in [0.1, 0.15) is 0 Å².